The molecule has 0 saturated carbocycles. The molecule has 2 aromatic rings. The minimum atomic E-state index is -0.496. The number of para-hydroxylation sites is 1. The fourth-order valence-corrected chi connectivity index (χ4v) is 2.83. The van der Waals surface area contributed by atoms with E-state index in [1.54, 1.807) is 0 Å². The molecule has 1 N–H and O–H groups in total. The number of aromatic nitrogens is 2. The molecule has 0 atom stereocenters. The average molecular weight is 352 g/mol. The van der Waals surface area contributed by atoms with E-state index in [9.17, 15) is 10.1 Å². The van der Waals surface area contributed by atoms with Crippen LogP contribution in [0.1, 0.15) is 58.8 Å². The van der Waals surface area contributed by atoms with E-state index in [0.29, 0.717) is 11.4 Å². The predicted molar refractivity (Wildman–Crippen MR) is 105 cm³/mol. The molecule has 5 nitrogen and oxygen atoms in total. The second-order valence-electron chi connectivity index (χ2n) is 7.46. The van der Waals surface area contributed by atoms with Crippen LogP contribution in [-0.2, 0) is 17.8 Å². The van der Waals surface area contributed by atoms with Gasteiger partial charge in [-0.25, -0.2) is 0 Å². The lowest BCUT2D eigenvalue weighted by molar-refractivity contribution is -0.123. The van der Waals surface area contributed by atoms with Gasteiger partial charge < -0.3 is 5.32 Å². The fourth-order valence-electron chi connectivity index (χ4n) is 2.83. The molecule has 26 heavy (non-hydrogen) atoms. The fraction of sp³-hybridized carbons (Fsp3) is 0.476. The van der Waals surface area contributed by atoms with Gasteiger partial charge in [0.05, 0.1) is 0 Å². The van der Waals surface area contributed by atoms with Crippen molar-refractivity contribution < 1.29 is 4.79 Å². The molecule has 0 spiro atoms. The third kappa shape index (κ3) is 4.13. The number of amides is 1. The Morgan fingerprint density at radius 1 is 1.27 bits per heavy atom. The summed E-state index contributed by atoms with van der Waals surface area (Å²) in [5, 5.41) is 17.2. The third-order valence-corrected chi connectivity index (χ3v) is 4.35. The predicted octanol–water partition coefficient (Wildman–Crippen LogP) is 4.77. The highest BCUT2D eigenvalue weighted by molar-refractivity contribution is 5.98. The molecule has 2 rings (SSSR count). The first kappa shape index (κ1) is 19.7. The summed E-state index contributed by atoms with van der Waals surface area (Å²) in [4.78, 5) is 12.5. The number of anilines is 1. The highest BCUT2D eigenvalue weighted by Gasteiger charge is 2.24. The van der Waals surface area contributed by atoms with Gasteiger partial charge >= 0.3 is 0 Å². The van der Waals surface area contributed by atoms with Gasteiger partial charge in [0, 0.05) is 34.5 Å². The van der Waals surface area contributed by atoms with Gasteiger partial charge in [0.1, 0.15) is 6.07 Å². The molecule has 1 aromatic heterocycles. The Bertz CT molecular complexity index is 822. The number of aryl methyl sites for hydroxylation is 1. The standard InChI is InChI=1S/C21H28N4O/c1-6-8-13-25-18(7-2)19(17(14-22)24-25)15-11-9-10-12-16(15)23-20(26)21(3,4)5/h9-12H,6-8,13H2,1-5H3,(H,23,26). The van der Waals surface area contributed by atoms with Crippen molar-refractivity contribution in [2.75, 3.05) is 5.32 Å². The highest BCUT2D eigenvalue weighted by atomic mass is 16.2. The van der Waals surface area contributed by atoms with Gasteiger partial charge in [0.25, 0.3) is 0 Å². The summed E-state index contributed by atoms with van der Waals surface area (Å²) in [5.74, 6) is -0.0557. The van der Waals surface area contributed by atoms with Crippen molar-refractivity contribution in [3.8, 4) is 17.2 Å². The quantitative estimate of drug-likeness (QED) is 0.814. The van der Waals surface area contributed by atoms with E-state index in [1.165, 1.54) is 0 Å². The Morgan fingerprint density at radius 2 is 1.96 bits per heavy atom. The minimum Gasteiger partial charge on any atom is -0.325 e. The van der Waals surface area contributed by atoms with Crippen LogP contribution >= 0.6 is 0 Å². The van der Waals surface area contributed by atoms with E-state index in [2.05, 4.69) is 30.3 Å². The molecule has 0 aliphatic rings. The first-order valence-electron chi connectivity index (χ1n) is 9.24. The van der Waals surface area contributed by atoms with E-state index >= 15 is 0 Å². The van der Waals surface area contributed by atoms with Gasteiger partial charge in [-0.3, -0.25) is 9.48 Å². The number of benzene rings is 1. The maximum absolute atomic E-state index is 12.5. The maximum atomic E-state index is 12.5. The highest BCUT2D eigenvalue weighted by Crippen LogP contribution is 2.34. The zero-order chi connectivity index (χ0) is 19.3. The Balaban J connectivity index is 2.57. The van der Waals surface area contributed by atoms with Crippen molar-refractivity contribution in [3.05, 3.63) is 35.7 Å². The zero-order valence-electron chi connectivity index (χ0n) is 16.4. The van der Waals surface area contributed by atoms with Crippen molar-refractivity contribution in [2.45, 2.75) is 60.4 Å². The number of unbranched alkanes of at least 4 members (excludes halogenated alkanes) is 1. The van der Waals surface area contributed by atoms with Crippen LogP contribution in [0.25, 0.3) is 11.1 Å². The number of rotatable bonds is 6. The number of carbonyl (C=O) groups excluding carboxylic acids is 1. The lowest BCUT2D eigenvalue weighted by Gasteiger charge is -2.19. The van der Waals surface area contributed by atoms with Crippen molar-refractivity contribution in [3.63, 3.8) is 0 Å². The van der Waals surface area contributed by atoms with Gasteiger partial charge in [-0.1, -0.05) is 59.2 Å². The van der Waals surface area contributed by atoms with Gasteiger partial charge in [0.2, 0.25) is 5.91 Å². The van der Waals surface area contributed by atoms with Crippen LogP contribution in [0.5, 0.6) is 0 Å². The first-order valence-corrected chi connectivity index (χ1v) is 9.24. The summed E-state index contributed by atoms with van der Waals surface area (Å²) in [7, 11) is 0. The molecule has 0 aliphatic carbocycles. The SMILES string of the molecule is CCCCn1nc(C#N)c(-c2ccccc2NC(=O)C(C)(C)C)c1CC. The van der Waals surface area contributed by atoms with Gasteiger partial charge in [-0.2, -0.15) is 10.4 Å². The van der Waals surface area contributed by atoms with Crippen LogP contribution in [0.2, 0.25) is 0 Å². The van der Waals surface area contributed by atoms with Crippen molar-refractivity contribution in [1.29, 1.82) is 5.26 Å². The summed E-state index contributed by atoms with van der Waals surface area (Å²) in [5.41, 5.74) is 3.35. The lowest BCUT2D eigenvalue weighted by atomic mass is 9.94. The summed E-state index contributed by atoms with van der Waals surface area (Å²) >= 11 is 0. The zero-order valence-corrected chi connectivity index (χ0v) is 16.4. The van der Waals surface area contributed by atoms with E-state index in [0.717, 1.165) is 42.6 Å². The topological polar surface area (TPSA) is 70.7 Å². The summed E-state index contributed by atoms with van der Waals surface area (Å²) in [6, 6.07) is 9.87. The van der Waals surface area contributed by atoms with Crippen LogP contribution in [0.3, 0.4) is 0 Å². The second-order valence-corrected chi connectivity index (χ2v) is 7.46. The Labute approximate surface area is 156 Å². The Hall–Kier alpha value is -2.61. The van der Waals surface area contributed by atoms with Crippen LogP contribution in [0, 0.1) is 16.7 Å². The average Bonchev–Trinajstić information content (AvgIpc) is 2.97. The number of hydrogen-bond donors (Lipinski definition) is 1. The first-order chi connectivity index (χ1) is 12.3. The largest absolute Gasteiger partial charge is 0.325 e. The molecule has 0 aliphatic heterocycles. The number of nitriles is 1. The third-order valence-electron chi connectivity index (χ3n) is 4.35. The normalized spacial score (nSPS) is 11.2. The number of carbonyl (C=O) groups is 1. The Morgan fingerprint density at radius 3 is 2.54 bits per heavy atom. The molecular formula is C21H28N4O. The Kier molecular flexibility index (Phi) is 6.20. The molecule has 0 fully saturated rings. The lowest BCUT2D eigenvalue weighted by Crippen LogP contribution is -2.27. The summed E-state index contributed by atoms with van der Waals surface area (Å²) < 4.78 is 1.94. The summed E-state index contributed by atoms with van der Waals surface area (Å²) in [6.45, 7) is 10.6. The molecule has 1 heterocycles. The maximum Gasteiger partial charge on any atom is 0.229 e. The van der Waals surface area contributed by atoms with E-state index < -0.39 is 5.41 Å². The molecule has 138 valence electrons. The van der Waals surface area contributed by atoms with E-state index in [1.807, 2.05) is 49.7 Å². The molecule has 1 aromatic carbocycles. The van der Waals surface area contributed by atoms with Crippen molar-refractivity contribution >= 4 is 11.6 Å². The number of nitrogens with zero attached hydrogens (tertiary/aromatic N) is 3. The van der Waals surface area contributed by atoms with Crippen molar-refractivity contribution in [2.24, 2.45) is 5.41 Å². The van der Waals surface area contributed by atoms with Gasteiger partial charge in [-0.05, 0) is 18.9 Å². The molecule has 0 radical (unpaired) electrons. The van der Waals surface area contributed by atoms with E-state index in [-0.39, 0.29) is 5.91 Å². The van der Waals surface area contributed by atoms with Gasteiger partial charge in [0.15, 0.2) is 5.69 Å². The smallest absolute Gasteiger partial charge is 0.229 e. The molecule has 0 saturated heterocycles. The second kappa shape index (κ2) is 8.18. The van der Waals surface area contributed by atoms with Gasteiger partial charge in [-0.15, -0.1) is 0 Å². The van der Waals surface area contributed by atoms with Crippen LogP contribution in [0.4, 0.5) is 5.69 Å². The number of hydrogen-bond acceptors (Lipinski definition) is 3. The van der Waals surface area contributed by atoms with Crippen LogP contribution in [-0.4, -0.2) is 15.7 Å². The van der Waals surface area contributed by atoms with Crippen LogP contribution in [0.15, 0.2) is 24.3 Å². The minimum absolute atomic E-state index is 0.0557. The van der Waals surface area contributed by atoms with Crippen LogP contribution < -0.4 is 5.32 Å². The van der Waals surface area contributed by atoms with Crippen molar-refractivity contribution in [1.82, 2.24) is 9.78 Å². The molecule has 1 amide bonds. The molecule has 0 bridgehead atoms. The molecule has 0 unspecified atom stereocenters. The van der Waals surface area contributed by atoms with E-state index in [4.69, 9.17) is 0 Å². The molecular weight excluding hydrogens is 324 g/mol. The molecule has 5 heteroatoms. The summed E-state index contributed by atoms with van der Waals surface area (Å²) in [6.07, 6.45) is 2.86. The monoisotopic (exact) mass is 352 g/mol. The number of nitrogens with one attached hydrogen (secondary N) is 1.